The van der Waals surface area contributed by atoms with Crippen molar-refractivity contribution < 1.29 is 4.74 Å². The fourth-order valence-electron chi connectivity index (χ4n) is 1.77. The molecule has 1 heterocycles. The maximum Gasteiger partial charge on any atom is 0.211 e. The first-order valence-electron chi connectivity index (χ1n) is 6.47. The van der Waals surface area contributed by atoms with E-state index in [1.807, 2.05) is 26.0 Å². The van der Waals surface area contributed by atoms with E-state index in [1.54, 1.807) is 6.92 Å². The van der Waals surface area contributed by atoms with Gasteiger partial charge in [0, 0.05) is 0 Å². The van der Waals surface area contributed by atoms with Gasteiger partial charge in [-0.2, -0.15) is 5.26 Å². The minimum Gasteiger partial charge on any atom is -0.485 e. The number of nitrogens with two attached hydrogens (primary N) is 1. The summed E-state index contributed by atoms with van der Waals surface area (Å²) in [5, 5.41) is 17.0. The average Bonchev–Trinajstić information content (AvgIpc) is 2.79. The van der Waals surface area contributed by atoms with Crippen LogP contribution < -0.4 is 10.6 Å². The van der Waals surface area contributed by atoms with Crippen LogP contribution >= 0.6 is 11.8 Å². The second-order valence-corrected chi connectivity index (χ2v) is 6.02. The molecule has 0 spiro atoms. The second-order valence-electron chi connectivity index (χ2n) is 4.72. The third-order valence-electron chi connectivity index (χ3n) is 2.89. The van der Waals surface area contributed by atoms with Crippen LogP contribution in [0.25, 0.3) is 0 Å². The Morgan fingerprint density at radius 2 is 2.19 bits per heavy atom. The first-order valence-corrected chi connectivity index (χ1v) is 7.35. The van der Waals surface area contributed by atoms with Crippen molar-refractivity contribution in [2.24, 2.45) is 0 Å². The van der Waals surface area contributed by atoms with Crippen LogP contribution in [0.1, 0.15) is 23.9 Å². The Kier molecular flexibility index (Phi) is 4.70. The molecule has 2 rings (SSSR count). The molecule has 0 unspecified atom stereocenters. The zero-order chi connectivity index (χ0) is 15.4. The number of hydrogen-bond donors (Lipinski definition) is 1. The third kappa shape index (κ3) is 3.67. The van der Waals surface area contributed by atoms with E-state index in [9.17, 15) is 0 Å². The summed E-state index contributed by atoms with van der Waals surface area (Å²) in [5.74, 6) is 7.23. The van der Waals surface area contributed by atoms with Crippen LogP contribution in [0, 0.1) is 25.2 Å². The van der Waals surface area contributed by atoms with Crippen molar-refractivity contribution in [1.29, 1.82) is 5.26 Å². The van der Waals surface area contributed by atoms with Crippen LogP contribution in [-0.2, 0) is 6.61 Å². The molecular weight excluding hydrogens is 286 g/mol. The van der Waals surface area contributed by atoms with Gasteiger partial charge in [0.2, 0.25) is 5.16 Å². The molecule has 2 aromatic rings. The van der Waals surface area contributed by atoms with Crippen LogP contribution in [0.3, 0.4) is 0 Å². The molecule has 0 saturated carbocycles. The van der Waals surface area contributed by atoms with Crippen LogP contribution in [0.4, 0.5) is 0 Å². The fraction of sp³-hybridized carbons (Fsp3) is 0.357. The Balaban J connectivity index is 2.05. The number of benzene rings is 1. The molecule has 0 radical (unpaired) electrons. The summed E-state index contributed by atoms with van der Waals surface area (Å²) in [4.78, 5) is 0. The van der Waals surface area contributed by atoms with E-state index in [0.717, 1.165) is 11.3 Å². The number of nitriles is 1. The quantitative estimate of drug-likeness (QED) is 0.672. The summed E-state index contributed by atoms with van der Waals surface area (Å²) >= 11 is 1.27. The van der Waals surface area contributed by atoms with E-state index in [2.05, 4.69) is 22.3 Å². The lowest BCUT2D eigenvalue weighted by Crippen LogP contribution is -2.16. The maximum absolute atomic E-state index is 8.80. The lowest BCUT2D eigenvalue weighted by Gasteiger charge is -2.09. The summed E-state index contributed by atoms with van der Waals surface area (Å²) in [7, 11) is 0. The molecular formula is C14H17N5OS. The molecule has 1 atom stereocenters. The van der Waals surface area contributed by atoms with Crippen molar-refractivity contribution in [1.82, 2.24) is 14.9 Å². The van der Waals surface area contributed by atoms with Gasteiger partial charge in [-0.15, -0.1) is 10.2 Å². The van der Waals surface area contributed by atoms with Crippen LogP contribution in [0.2, 0.25) is 0 Å². The highest BCUT2D eigenvalue weighted by molar-refractivity contribution is 8.00. The zero-order valence-corrected chi connectivity index (χ0v) is 13.0. The minimum absolute atomic E-state index is 0.231. The molecule has 0 aliphatic heterocycles. The van der Waals surface area contributed by atoms with Gasteiger partial charge in [0.05, 0.1) is 11.3 Å². The summed E-state index contributed by atoms with van der Waals surface area (Å²) in [6.45, 7) is 6.04. The Hall–Kier alpha value is -2.20. The zero-order valence-electron chi connectivity index (χ0n) is 12.2. The number of hydrogen-bond acceptors (Lipinski definition) is 6. The van der Waals surface area contributed by atoms with Crippen LogP contribution in [0.5, 0.6) is 5.75 Å². The first-order chi connectivity index (χ1) is 10.0. The predicted octanol–water partition coefficient (Wildman–Crippen LogP) is 2.19. The van der Waals surface area contributed by atoms with Gasteiger partial charge >= 0.3 is 0 Å². The van der Waals surface area contributed by atoms with Gasteiger partial charge in [0.15, 0.2) is 5.82 Å². The lowest BCUT2D eigenvalue weighted by molar-refractivity contribution is 0.289. The smallest absolute Gasteiger partial charge is 0.211 e. The van der Waals surface area contributed by atoms with E-state index < -0.39 is 0 Å². The van der Waals surface area contributed by atoms with Gasteiger partial charge in [-0.3, -0.25) is 0 Å². The van der Waals surface area contributed by atoms with Crippen molar-refractivity contribution in [3.8, 4) is 11.8 Å². The minimum atomic E-state index is -0.232. The molecule has 0 amide bonds. The summed E-state index contributed by atoms with van der Waals surface area (Å²) < 4.78 is 7.09. The van der Waals surface area contributed by atoms with E-state index in [-0.39, 0.29) is 11.9 Å². The first kappa shape index (κ1) is 15.2. The van der Waals surface area contributed by atoms with Crippen LogP contribution in [-0.4, -0.2) is 20.1 Å². The molecule has 110 valence electrons. The van der Waals surface area contributed by atoms with Crippen LogP contribution in [0.15, 0.2) is 23.4 Å². The van der Waals surface area contributed by atoms with E-state index >= 15 is 0 Å². The number of ether oxygens (including phenoxy) is 1. The van der Waals surface area contributed by atoms with E-state index in [4.69, 9.17) is 15.8 Å². The van der Waals surface area contributed by atoms with Crippen molar-refractivity contribution in [3.63, 3.8) is 0 Å². The number of nitrogens with zero attached hydrogens (tertiary/aromatic N) is 4. The average molecular weight is 303 g/mol. The molecule has 6 nitrogen and oxygen atoms in total. The Morgan fingerprint density at radius 1 is 1.43 bits per heavy atom. The molecule has 0 saturated heterocycles. The van der Waals surface area contributed by atoms with Crippen molar-refractivity contribution >= 4 is 11.8 Å². The van der Waals surface area contributed by atoms with Gasteiger partial charge < -0.3 is 10.6 Å². The summed E-state index contributed by atoms with van der Waals surface area (Å²) in [6.07, 6.45) is 0. The molecule has 7 heteroatoms. The normalized spacial score (nSPS) is 11.9. The van der Waals surface area contributed by atoms with Gasteiger partial charge in [0.1, 0.15) is 12.4 Å². The van der Waals surface area contributed by atoms with Gasteiger partial charge in [0.25, 0.3) is 0 Å². The van der Waals surface area contributed by atoms with Gasteiger partial charge in [-0.25, -0.2) is 4.68 Å². The molecule has 0 fully saturated rings. The lowest BCUT2D eigenvalue weighted by atomic mass is 10.1. The number of nitrogen functional groups attached to an aromatic ring is 1. The topological polar surface area (TPSA) is 89.8 Å². The Morgan fingerprint density at radius 3 is 2.86 bits per heavy atom. The van der Waals surface area contributed by atoms with E-state index in [0.29, 0.717) is 11.0 Å². The monoisotopic (exact) mass is 303 g/mol. The Bertz CT molecular complexity index is 676. The molecule has 1 aromatic carbocycles. The highest BCUT2D eigenvalue weighted by Crippen LogP contribution is 2.22. The highest BCUT2D eigenvalue weighted by atomic mass is 32.2. The number of rotatable bonds is 5. The molecule has 0 aliphatic carbocycles. The standard InChI is InChI=1S/C14H17N5OS/c1-9-4-5-12(10(2)6-9)20-8-13-17-18-14(19(13)16)21-11(3)7-15/h4-6,11H,8,16H2,1-3H3/t11-/m1/s1. The predicted molar refractivity (Wildman–Crippen MR) is 81.4 cm³/mol. The molecule has 2 N–H and O–H groups in total. The number of thioether (sulfide) groups is 1. The fourth-order valence-corrected chi connectivity index (χ4v) is 2.45. The molecule has 0 aliphatic rings. The number of aromatic nitrogens is 3. The Labute approximate surface area is 127 Å². The molecule has 21 heavy (non-hydrogen) atoms. The van der Waals surface area contributed by atoms with Crippen molar-refractivity contribution in [3.05, 3.63) is 35.2 Å². The SMILES string of the molecule is Cc1ccc(OCc2nnc(S[C@H](C)C#N)n2N)c(C)c1. The number of aryl methyl sites for hydroxylation is 2. The summed E-state index contributed by atoms with van der Waals surface area (Å²) in [5.41, 5.74) is 2.25. The molecule has 0 bridgehead atoms. The molecule has 1 aromatic heterocycles. The third-order valence-corrected chi connectivity index (χ3v) is 3.83. The van der Waals surface area contributed by atoms with Crippen molar-refractivity contribution in [2.45, 2.75) is 37.8 Å². The second kappa shape index (κ2) is 6.50. The van der Waals surface area contributed by atoms with Gasteiger partial charge in [-0.1, -0.05) is 29.5 Å². The van der Waals surface area contributed by atoms with Gasteiger partial charge in [-0.05, 0) is 32.4 Å². The highest BCUT2D eigenvalue weighted by Gasteiger charge is 2.14. The largest absolute Gasteiger partial charge is 0.485 e. The van der Waals surface area contributed by atoms with E-state index in [1.165, 1.54) is 22.0 Å². The summed E-state index contributed by atoms with van der Waals surface area (Å²) in [6, 6.07) is 8.09. The maximum atomic E-state index is 8.80. The van der Waals surface area contributed by atoms with Crippen molar-refractivity contribution in [2.75, 3.05) is 5.84 Å².